The van der Waals surface area contributed by atoms with E-state index in [2.05, 4.69) is 46.8 Å². The fourth-order valence-corrected chi connectivity index (χ4v) is 3.77. The lowest BCUT2D eigenvalue weighted by Gasteiger charge is -2.43. The van der Waals surface area contributed by atoms with Gasteiger partial charge in [0.2, 0.25) is 0 Å². The summed E-state index contributed by atoms with van der Waals surface area (Å²) in [7, 11) is 0. The van der Waals surface area contributed by atoms with Gasteiger partial charge in [-0.15, -0.1) is 0 Å². The third kappa shape index (κ3) is 3.25. The minimum Gasteiger partial charge on any atom is -0.330 e. The van der Waals surface area contributed by atoms with Gasteiger partial charge in [-0.25, -0.2) is 0 Å². The van der Waals surface area contributed by atoms with Gasteiger partial charge in [0.15, 0.2) is 0 Å². The van der Waals surface area contributed by atoms with Gasteiger partial charge >= 0.3 is 0 Å². The van der Waals surface area contributed by atoms with Crippen LogP contribution in [0.15, 0.2) is 12.1 Å². The number of benzene rings is 1. The molecule has 0 bridgehead atoms. The highest BCUT2D eigenvalue weighted by atomic mass is 14.6. The smallest absolute Gasteiger partial charge is 0.00173 e. The lowest BCUT2D eigenvalue weighted by atomic mass is 9.62. The van der Waals surface area contributed by atoms with Crippen molar-refractivity contribution in [2.24, 2.45) is 16.6 Å². The summed E-state index contributed by atoms with van der Waals surface area (Å²) in [5.74, 6) is 0. The molecule has 1 aromatic carbocycles. The van der Waals surface area contributed by atoms with Crippen LogP contribution in [0.1, 0.15) is 61.8 Å². The van der Waals surface area contributed by atoms with Gasteiger partial charge in [0, 0.05) is 0 Å². The van der Waals surface area contributed by atoms with Gasteiger partial charge in [-0.3, -0.25) is 0 Å². The van der Waals surface area contributed by atoms with E-state index in [0.29, 0.717) is 10.8 Å². The number of nitrogens with two attached hydrogens (primary N) is 1. The first kappa shape index (κ1) is 15.6. The molecule has 0 aliphatic heterocycles. The minimum atomic E-state index is 0.334. The van der Waals surface area contributed by atoms with Crippen molar-refractivity contribution in [2.45, 2.75) is 66.7 Å². The Hall–Kier alpha value is -0.820. The molecule has 0 saturated heterocycles. The van der Waals surface area contributed by atoms with Crippen molar-refractivity contribution in [3.8, 4) is 0 Å². The molecule has 112 valence electrons. The van der Waals surface area contributed by atoms with Crippen LogP contribution in [0.4, 0.5) is 0 Å². The van der Waals surface area contributed by atoms with Gasteiger partial charge in [-0.1, -0.05) is 31.5 Å². The summed E-state index contributed by atoms with van der Waals surface area (Å²) >= 11 is 0. The van der Waals surface area contributed by atoms with Crippen molar-refractivity contribution in [1.29, 1.82) is 0 Å². The fraction of sp³-hybridized carbons (Fsp3) is 0.684. The van der Waals surface area contributed by atoms with Crippen LogP contribution < -0.4 is 5.73 Å². The highest BCUT2D eigenvalue weighted by molar-refractivity contribution is 5.38. The van der Waals surface area contributed by atoms with E-state index in [0.717, 1.165) is 13.0 Å². The molecular weight excluding hydrogens is 242 g/mol. The van der Waals surface area contributed by atoms with E-state index in [1.165, 1.54) is 42.4 Å². The summed E-state index contributed by atoms with van der Waals surface area (Å²) in [5.41, 5.74) is 12.9. The van der Waals surface area contributed by atoms with Crippen LogP contribution in [0, 0.1) is 31.6 Å². The van der Waals surface area contributed by atoms with Gasteiger partial charge in [0.1, 0.15) is 0 Å². The van der Waals surface area contributed by atoms with Crippen molar-refractivity contribution in [3.63, 3.8) is 0 Å². The van der Waals surface area contributed by atoms with E-state index >= 15 is 0 Å². The number of hydrogen-bond donors (Lipinski definition) is 1. The maximum absolute atomic E-state index is 6.20. The van der Waals surface area contributed by atoms with Crippen LogP contribution >= 0.6 is 0 Å². The van der Waals surface area contributed by atoms with Gasteiger partial charge in [-0.2, -0.15) is 0 Å². The summed E-state index contributed by atoms with van der Waals surface area (Å²) in [6.07, 6.45) is 6.35. The van der Waals surface area contributed by atoms with E-state index in [1.807, 2.05) is 0 Å². The number of rotatable bonds is 3. The Labute approximate surface area is 125 Å². The summed E-state index contributed by atoms with van der Waals surface area (Å²) in [4.78, 5) is 0. The SMILES string of the molecule is Cc1cc(C)c(CC2(CN)CCC(C)(C)CC2)c(C)c1. The Balaban J connectivity index is 2.23. The van der Waals surface area contributed by atoms with E-state index in [4.69, 9.17) is 5.73 Å². The highest BCUT2D eigenvalue weighted by Crippen LogP contribution is 2.46. The molecule has 1 aliphatic rings. The summed E-state index contributed by atoms with van der Waals surface area (Å²) in [5, 5.41) is 0. The lowest BCUT2D eigenvalue weighted by molar-refractivity contribution is 0.107. The summed E-state index contributed by atoms with van der Waals surface area (Å²) in [6.45, 7) is 12.3. The average molecular weight is 273 g/mol. The van der Waals surface area contributed by atoms with Gasteiger partial charge in [0.05, 0.1) is 0 Å². The molecule has 1 saturated carbocycles. The van der Waals surface area contributed by atoms with Crippen LogP contribution in [0.25, 0.3) is 0 Å². The van der Waals surface area contributed by atoms with Crippen LogP contribution in [-0.2, 0) is 6.42 Å². The third-order valence-corrected chi connectivity index (χ3v) is 5.49. The Bertz CT molecular complexity index is 452. The molecule has 1 nitrogen and oxygen atoms in total. The lowest BCUT2D eigenvalue weighted by Crippen LogP contribution is -2.39. The van der Waals surface area contributed by atoms with E-state index < -0.39 is 0 Å². The first-order chi connectivity index (χ1) is 9.27. The molecule has 20 heavy (non-hydrogen) atoms. The number of hydrogen-bond acceptors (Lipinski definition) is 1. The second kappa shape index (κ2) is 5.52. The minimum absolute atomic E-state index is 0.334. The van der Waals surface area contributed by atoms with Crippen LogP contribution in [0.5, 0.6) is 0 Å². The zero-order chi connectivity index (χ0) is 15.0. The predicted molar refractivity (Wildman–Crippen MR) is 88.1 cm³/mol. The van der Waals surface area contributed by atoms with Crippen LogP contribution in [-0.4, -0.2) is 6.54 Å². The molecule has 1 aromatic rings. The Kier molecular flexibility index (Phi) is 4.30. The second-order valence-electron chi connectivity index (χ2n) is 7.92. The van der Waals surface area contributed by atoms with E-state index in [-0.39, 0.29) is 0 Å². The first-order valence-corrected chi connectivity index (χ1v) is 8.04. The maximum Gasteiger partial charge on any atom is -0.00173 e. The van der Waals surface area contributed by atoms with Crippen molar-refractivity contribution in [2.75, 3.05) is 6.54 Å². The fourth-order valence-electron chi connectivity index (χ4n) is 3.77. The quantitative estimate of drug-likeness (QED) is 0.848. The van der Waals surface area contributed by atoms with Crippen molar-refractivity contribution >= 4 is 0 Å². The Morgan fingerprint density at radius 3 is 1.90 bits per heavy atom. The summed E-state index contributed by atoms with van der Waals surface area (Å²) in [6, 6.07) is 4.64. The summed E-state index contributed by atoms with van der Waals surface area (Å²) < 4.78 is 0. The molecule has 0 atom stereocenters. The molecule has 0 amide bonds. The topological polar surface area (TPSA) is 26.0 Å². The zero-order valence-electron chi connectivity index (χ0n) is 14.0. The molecule has 1 fully saturated rings. The number of aryl methyl sites for hydroxylation is 3. The van der Waals surface area contributed by atoms with Crippen LogP contribution in [0.3, 0.4) is 0 Å². The Morgan fingerprint density at radius 2 is 1.45 bits per heavy atom. The third-order valence-electron chi connectivity index (χ3n) is 5.49. The highest BCUT2D eigenvalue weighted by Gasteiger charge is 2.37. The molecule has 0 heterocycles. The zero-order valence-corrected chi connectivity index (χ0v) is 14.0. The van der Waals surface area contributed by atoms with Crippen molar-refractivity contribution in [3.05, 3.63) is 34.4 Å². The standard InChI is InChI=1S/C19H31N/c1-14-10-15(2)17(16(3)11-14)12-19(13-20)8-6-18(4,5)7-9-19/h10-11H,6-9,12-13,20H2,1-5H3. The Morgan fingerprint density at radius 1 is 0.950 bits per heavy atom. The molecule has 1 heteroatoms. The molecule has 0 aromatic heterocycles. The average Bonchev–Trinajstić information content (AvgIpc) is 2.36. The largest absolute Gasteiger partial charge is 0.330 e. The first-order valence-electron chi connectivity index (χ1n) is 8.04. The van der Waals surface area contributed by atoms with E-state index in [9.17, 15) is 0 Å². The predicted octanol–water partition coefficient (Wildman–Crippen LogP) is 4.70. The molecular formula is C19H31N. The van der Waals surface area contributed by atoms with Gasteiger partial charge in [0.25, 0.3) is 0 Å². The second-order valence-corrected chi connectivity index (χ2v) is 7.92. The van der Waals surface area contributed by atoms with E-state index in [1.54, 1.807) is 5.56 Å². The van der Waals surface area contributed by atoms with Gasteiger partial charge in [-0.05, 0) is 86.9 Å². The molecule has 1 aliphatic carbocycles. The molecule has 0 spiro atoms. The van der Waals surface area contributed by atoms with Crippen molar-refractivity contribution in [1.82, 2.24) is 0 Å². The molecule has 2 rings (SSSR count). The van der Waals surface area contributed by atoms with Crippen LogP contribution in [0.2, 0.25) is 0 Å². The molecule has 2 N–H and O–H groups in total. The van der Waals surface area contributed by atoms with Gasteiger partial charge < -0.3 is 5.73 Å². The molecule has 0 radical (unpaired) electrons. The maximum atomic E-state index is 6.20. The van der Waals surface area contributed by atoms with Crippen molar-refractivity contribution < 1.29 is 0 Å². The normalized spacial score (nSPS) is 20.9. The molecule has 0 unspecified atom stereocenters. The monoisotopic (exact) mass is 273 g/mol.